The van der Waals surface area contributed by atoms with Crippen LogP contribution in [0, 0.1) is 12.8 Å². The lowest BCUT2D eigenvalue weighted by Gasteiger charge is -2.20. The SMILES string of the molecule is Cc1ccc(-n2nc(C(=O)N3CC(CN)CC3C)c3c2CCC3)cc1. The number of carbonyl (C=O) groups is 1. The van der Waals surface area contributed by atoms with Crippen LogP contribution in [0.1, 0.15) is 47.1 Å². The van der Waals surface area contributed by atoms with Gasteiger partial charge in [-0.05, 0) is 64.1 Å². The number of likely N-dealkylation sites (tertiary alicyclic amines) is 1. The molecule has 2 atom stereocenters. The Bertz CT molecular complexity index is 793. The van der Waals surface area contributed by atoms with Crippen LogP contribution in [-0.2, 0) is 12.8 Å². The molecule has 0 saturated carbocycles. The molecular weight excluding hydrogens is 312 g/mol. The summed E-state index contributed by atoms with van der Waals surface area (Å²) < 4.78 is 1.98. The van der Waals surface area contributed by atoms with Gasteiger partial charge in [0.05, 0.1) is 5.69 Å². The number of rotatable bonds is 3. The maximum atomic E-state index is 13.2. The Labute approximate surface area is 148 Å². The second-order valence-corrected chi connectivity index (χ2v) is 7.52. The number of carbonyl (C=O) groups excluding carboxylic acids is 1. The zero-order valence-corrected chi connectivity index (χ0v) is 15.0. The third-order valence-electron chi connectivity index (χ3n) is 5.67. The lowest BCUT2D eigenvalue weighted by atomic mass is 10.1. The van der Waals surface area contributed by atoms with E-state index in [4.69, 9.17) is 10.8 Å². The molecular formula is C20H26N4O. The normalized spacial score (nSPS) is 22.4. The highest BCUT2D eigenvalue weighted by molar-refractivity contribution is 5.94. The van der Waals surface area contributed by atoms with Crippen LogP contribution >= 0.6 is 0 Å². The van der Waals surface area contributed by atoms with Crippen LogP contribution in [0.25, 0.3) is 5.69 Å². The average molecular weight is 338 g/mol. The third kappa shape index (κ3) is 2.76. The van der Waals surface area contributed by atoms with E-state index in [1.807, 2.05) is 9.58 Å². The van der Waals surface area contributed by atoms with Gasteiger partial charge in [0.25, 0.3) is 5.91 Å². The van der Waals surface area contributed by atoms with Crippen LogP contribution in [0.5, 0.6) is 0 Å². The predicted octanol–water partition coefficient (Wildman–Crippen LogP) is 2.48. The summed E-state index contributed by atoms with van der Waals surface area (Å²) in [5, 5.41) is 4.76. The fraction of sp³-hybridized carbons (Fsp3) is 0.500. The summed E-state index contributed by atoms with van der Waals surface area (Å²) in [5.74, 6) is 0.485. The number of hydrogen-bond acceptors (Lipinski definition) is 3. The summed E-state index contributed by atoms with van der Waals surface area (Å²) in [5.41, 5.74) is 11.1. The predicted molar refractivity (Wildman–Crippen MR) is 98.0 cm³/mol. The van der Waals surface area contributed by atoms with Crippen LogP contribution < -0.4 is 5.73 Å². The fourth-order valence-electron chi connectivity index (χ4n) is 4.24. The minimum Gasteiger partial charge on any atom is -0.334 e. The van der Waals surface area contributed by atoms with E-state index in [9.17, 15) is 4.79 Å². The first-order valence-electron chi connectivity index (χ1n) is 9.27. The first-order chi connectivity index (χ1) is 12.1. The zero-order chi connectivity index (χ0) is 17.6. The van der Waals surface area contributed by atoms with Crippen molar-refractivity contribution in [1.29, 1.82) is 0 Å². The minimum absolute atomic E-state index is 0.0764. The van der Waals surface area contributed by atoms with Gasteiger partial charge in [-0.3, -0.25) is 4.79 Å². The van der Waals surface area contributed by atoms with E-state index in [-0.39, 0.29) is 11.9 Å². The minimum atomic E-state index is 0.0764. The molecule has 1 aliphatic carbocycles. The monoisotopic (exact) mass is 338 g/mol. The maximum absolute atomic E-state index is 13.2. The van der Waals surface area contributed by atoms with Gasteiger partial charge in [0.15, 0.2) is 5.69 Å². The van der Waals surface area contributed by atoms with Gasteiger partial charge in [0.2, 0.25) is 0 Å². The molecule has 2 aromatic rings. The lowest BCUT2D eigenvalue weighted by Crippen LogP contribution is -2.35. The number of benzene rings is 1. The maximum Gasteiger partial charge on any atom is 0.274 e. The Morgan fingerprint density at radius 2 is 2.04 bits per heavy atom. The molecule has 2 heterocycles. The van der Waals surface area contributed by atoms with Crippen LogP contribution in [0.2, 0.25) is 0 Å². The first-order valence-corrected chi connectivity index (χ1v) is 9.27. The molecule has 4 rings (SSSR count). The van der Waals surface area contributed by atoms with Gasteiger partial charge >= 0.3 is 0 Å². The second kappa shape index (κ2) is 6.30. The van der Waals surface area contributed by atoms with Crippen molar-refractivity contribution in [3.8, 4) is 5.69 Å². The molecule has 2 aliphatic rings. The Morgan fingerprint density at radius 3 is 2.72 bits per heavy atom. The van der Waals surface area contributed by atoms with Gasteiger partial charge in [-0.2, -0.15) is 5.10 Å². The summed E-state index contributed by atoms with van der Waals surface area (Å²) in [7, 11) is 0. The topological polar surface area (TPSA) is 64.2 Å². The molecule has 5 heteroatoms. The highest BCUT2D eigenvalue weighted by atomic mass is 16.2. The van der Waals surface area contributed by atoms with E-state index in [2.05, 4.69) is 38.1 Å². The van der Waals surface area contributed by atoms with Crippen LogP contribution in [0.3, 0.4) is 0 Å². The van der Waals surface area contributed by atoms with Crippen molar-refractivity contribution in [1.82, 2.24) is 14.7 Å². The molecule has 2 N–H and O–H groups in total. The highest BCUT2D eigenvalue weighted by Crippen LogP contribution is 2.31. The molecule has 2 unspecified atom stereocenters. The Hall–Kier alpha value is -2.14. The van der Waals surface area contributed by atoms with E-state index in [0.717, 1.165) is 43.5 Å². The third-order valence-corrected chi connectivity index (χ3v) is 5.67. The summed E-state index contributed by atoms with van der Waals surface area (Å²) in [6.45, 7) is 5.59. The quantitative estimate of drug-likeness (QED) is 0.935. The molecule has 1 saturated heterocycles. The molecule has 1 aromatic heterocycles. The largest absolute Gasteiger partial charge is 0.334 e. The number of nitrogens with zero attached hydrogens (tertiary/aromatic N) is 3. The second-order valence-electron chi connectivity index (χ2n) is 7.52. The van der Waals surface area contributed by atoms with Crippen LogP contribution in [-0.4, -0.2) is 39.7 Å². The van der Waals surface area contributed by atoms with E-state index in [1.54, 1.807) is 0 Å². The Balaban J connectivity index is 1.70. The van der Waals surface area contributed by atoms with Gasteiger partial charge < -0.3 is 10.6 Å². The molecule has 0 radical (unpaired) electrons. The smallest absolute Gasteiger partial charge is 0.274 e. The van der Waals surface area contributed by atoms with Gasteiger partial charge in [-0.15, -0.1) is 0 Å². The van der Waals surface area contributed by atoms with Gasteiger partial charge in [0.1, 0.15) is 0 Å². The fourth-order valence-corrected chi connectivity index (χ4v) is 4.24. The standard InChI is InChI=1S/C20H26N4O/c1-13-6-8-16(9-7-13)24-18-5-3-4-17(18)19(22-24)20(25)23-12-15(11-21)10-14(23)2/h6-9,14-15H,3-5,10-12,21H2,1-2H3. The molecule has 1 aliphatic heterocycles. The summed E-state index contributed by atoms with van der Waals surface area (Å²) in [6.07, 6.45) is 4.03. The van der Waals surface area contributed by atoms with Crippen molar-refractivity contribution in [2.45, 2.75) is 45.6 Å². The summed E-state index contributed by atoms with van der Waals surface area (Å²) in [4.78, 5) is 15.2. The number of hydrogen-bond donors (Lipinski definition) is 1. The zero-order valence-electron chi connectivity index (χ0n) is 15.0. The number of nitrogens with two attached hydrogens (primary N) is 1. The van der Waals surface area contributed by atoms with Crippen molar-refractivity contribution in [3.05, 3.63) is 46.8 Å². The molecule has 25 heavy (non-hydrogen) atoms. The highest BCUT2D eigenvalue weighted by Gasteiger charge is 2.36. The van der Waals surface area contributed by atoms with Gasteiger partial charge in [0, 0.05) is 23.8 Å². The molecule has 1 amide bonds. The first kappa shape index (κ1) is 16.3. The molecule has 1 aromatic carbocycles. The summed E-state index contributed by atoms with van der Waals surface area (Å²) in [6, 6.07) is 8.58. The van der Waals surface area contributed by atoms with Gasteiger partial charge in [-0.1, -0.05) is 17.7 Å². The number of amides is 1. The van der Waals surface area contributed by atoms with Crippen molar-refractivity contribution < 1.29 is 4.79 Å². The lowest BCUT2D eigenvalue weighted by molar-refractivity contribution is 0.0736. The van der Waals surface area contributed by atoms with Crippen molar-refractivity contribution in [3.63, 3.8) is 0 Å². The Morgan fingerprint density at radius 1 is 1.28 bits per heavy atom. The van der Waals surface area contributed by atoms with Gasteiger partial charge in [-0.25, -0.2) is 4.68 Å². The van der Waals surface area contributed by atoms with E-state index in [1.165, 1.54) is 11.3 Å². The number of fused-ring (bicyclic) bond motifs is 1. The molecule has 0 bridgehead atoms. The summed E-state index contributed by atoms with van der Waals surface area (Å²) >= 11 is 0. The van der Waals surface area contributed by atoms with E-state index < -0.39 is 0 Å². The molecule has 1 fully saturated rings. The molecule has 5 nitrogen and oxygen atoms in total. The number of aromatic nitrogens is 2. The van der Waals surface area contributed by atoms with E-state index in [0.29, 0.717) is 18.2 Å². The van der Waals surface area contributed by atoms with E-state index >= 15 is 0 Å². The van der Waals surface area contributed by atoms with Crippen LogP contribution in [0.15, 0.2) is 24.3 Å². The Kier molecular flexibility index (Phi) is 4.12. The van der Waals surface area contributed by atoms with Crippen molar-refractivity contribution >= 4 is 5.91 Å². The van der Waals surface area contributed by atoms with Crippen LogP contribution in [0.4, 0.5) is 0 Å². The number of aryl methyl sites for hydroxylation is 1. The molecule has 132 valence electrons. The van der Waals surface area contributed by atoms with Crippen molar-refractivity contribution in [2.75, 3.05) is 13.1 Å². The van der Waals surface area contributed by atoms with Crippen molar-refractivity contribution in [2.24, 2.45) is 11.7 Å². The average Bonchev–Trinajstić information content (AvgIpc) is 3.29. The molecule has 0 spiro atoms.